The number of carbonyl (C=O) groups excluding carboxylic acids is 1. The van der Waals surface area contributed by atoms with E-state index in [-0.39, 0.29) is 14.1 Å². The molecule has 0 amide bonds. The van der Waals surface area contributed by atoms with Crippen molar-refractivity contribution in [3.05, 3.63) is 33.5 Å². The lowest BCUT2D eigenvalue weighted by molar-refractivity contribution is 0.112. The van der Waals surface area contributed by atoms with Crippen LogP contribution in [0.3, 0.4) is 0 Å². The summed E-state index contributed by atoms with van der Waals surface area (Å²) in [6.45, 7) is 2.30. The predicted octanol–water partition coefficient (Wildman–Crippen LogP) is 3.45. The number of nitrogens with zero attached hydrogens (tertiary/aromatic N) is 1. The molecule has 0 saturated heterocycles. The number of carbonyl (C=O) groups is 1. The van der Waals surface area contributed by atoms with Crippen LogP contribution in [0.4, 0.5) is 5.69 Å². The molecular formula is C15H16ClNO5S2. The number of hydrogen-bond donors (Lipinski definition) is 0. The van der Waals surface area contributed by atoms with Crippen molar-refractivity contribution < 1.29 is 22.7 Å². The first-order valence-electron chi connectivity index (χ1n) is 6.89. The van der Waals surface area contributed by atoms with Crippen LogP contribution in [0.15, 0.2) is 29.2 Å². The van der Waals surface area contributed by atoms with E-state index >= 15 is 0 Å². The number of rotatable bonds is 7. The first-order valence-corrected chi connectivity index (χ1v) is 9.52. The maximum Gasteiger partial charge on any atom is 0.265 e. The third-order valence-electron chi connectivity index (χ3n) is 3.25. The lowest BCUT2D eigenvalue weighted by Gasteiger charge is -2.20. The van der Waals surface area contributed by atoms with Crippen LogP contribution in [0, 0.1) is 0 Å². The molecule has 6 nitrogen and oxygen atoms in total. The van der Waals surface area contributed by atoms with E-state index in [1.807, 2.05) is 6.92 Å². The smallest absolute Gasteiger partial charge is 0.265 e. The molecule has 0 saturated carbocycles. The second-order valence-electron chi connectivity index (χ2n) is 4.64. The van der Waals surface area contributed by atoms with Gasteiger partial charge in [0.1, 0.15) is 4.90 Å². The topological polar surface area (TPSA) is 72.9 Å². The molecular weight excluding hydrogens is 374 g/mol. The summed E-state index contributed by atoms with van der Waals surface area (Å²) in [6.07, 6.45) is 0.482. The van der Waals surface area contributed by atoms with Crippen molar-refractivity contribution in [2.45, 2.75) is 11.8 Å². The quantitative estimate of drug-likeness (QED) is 0.678. The molecule has 0 spiro atoms. The van der Waals surface area contributed by atoms with Crippen molar-refractivity contribution in [3.63, 3.8) is 0 Å². The fourth-order valence-corrected chi connectivity index (χ4v) is 4.84. The normalized spacial score (nSPS) is 11.2. The first-order chi connectivity index (χ1) is 11.3. The highest BCUT2D eigenvalue weighted by molar-refractivity contribution is 7.93. The summed E-state index contributed by atoms with van der Waals surface area (Å²) in [7, 11) is -1.07. The van der Waals surface area contributed by atoms with E-state index in [1.54, 1.807) is 18.2 Å². The molecule has 0 radical (unpaired) electrons. The zero-order valence-corrected chi connectivity index (χ0v) is 15.7. The Bertz CT molecular complexity index is 848. The number of thiophene rings is 1. The van der Waals surface area contributed by atoms with E-state index in [0.717, 1.165) is 15.6 Å². The molecule has 2 aromatic rings. The monoisotopic (exact) mass is 389 g/mol. The summed E-state index contributed by atoms with van der Waals surface area (Å²) in [5, 5.41) is 0. The number of hydrogen-bond acceptors (Lipinski definition) is 6. The van der Waals surface area contributed by atoms with Gasteiger partial charge in [-0.05, 0) is 25.1 Å². The van der Waals surface area contributed by atoms with Gasteiger partial charge in [0.25, 0.3) is 10.0 Å². The third-order valence-corrected chi connectivity index (χ3v) is 6.40. The lowest BCUT2D eigenvalue weighted by Crippen LogP contribution is -2.27. The zero-order valence-electron chi connectivity index (χ0n) is 13.3. The van der Waals surface area contributed by atoms with Crippen molar-refractivity contribution in [3.8, 4) is 11.5 Å². The summed E-state index contributed by atoms with van der Waals surface area (Å²) in [5.74, 6) is 0.928. The van der Waals surface area contributed by atoms with Gasteiger partial charge >= 0.3 is 0 Å². The van der Waals surface area contributed by atoms with Gasteiger partial charge in [0.05, 0.1) is 28.6 Å². The Morgan fingerprint density at radius 1 is 1.29 bits per heavy atom. The fourth-order valence-electron chi connectivity index (χ4n) is 2.06. The van der Waals surface area contributed by atoms with Crippen molar-refractivity contribution >= 4 is 44.9 Å². The van der Waals surface area contributed by atoms with E-state index in [1.165, 1.54) is 20.2 Å². The number of anilines is 1. The summed E-state index contributed by atoms with van der Waals surface area (Å²) in [4.78, 5) is 11.0. The zero-order chi connectivity index (χ0) is 17.9. The Balaban J connectivity index is 2.46. The minimum atomic E-state index is -3.93. The molecule has 0 atom stereocenters. The number of methoxy groups -OCH3 is 1. The van der Waals surface area contributed by atoms with Gasteiger partial charge in [-0.25, -0.2) is 8.42 Å². The van der Waals surface area contributed by atoms with Crippen LogP contribution in [0.1, 0.15) is 16.6 Å². The summed E-state index contributed by atoms with van der Waals surface area (Å²) in [5.41, 5.74) is 0.370. The number of ether oxygens (including phenoxy) is 2. The van der Waals surface area contributed by atoms with Gasteiger partial charge in [0.15, 0.2) is 17.8 Å². The molecule has 130 valence electrons. The molecule has 0 unspecified atom stereocenters. The maximum absolute atomic E-state index is 12.8. The fraction of sp³-hybridized carbons (Fsp3) is 0.267. The Labute approximate surface area is 149 Å². The van der Waals surface area contributed by atoms with E-state index in [9.17, 15) is 13.2 Å². The molecule has 1 aromatic heterocycles. The van der Waals surface area contributed by atoms with Gasteiger partial charge in [-0.15, -0.1) is 11.3 Å². The Hall–Kier alpha value is -1.77. The molecule has 0 fully saturated rings. The Morgan fingerprint density at radius 3 is 2.58 bits per heavy atom. The van der Waals surface area contributed by atoms with Gasteiger partial charge in [0.2, 0.25) is 0 Å². The second kappa shape index (κ2) is 7.42. The molecule has 0 N–H and O–H groups in total. The summed E-state index contributed by atoms with van der Waals surface area (Å²) in [6, 6.07) is 6.05. The number of aldehydes is 1. The van der Waals surface area contributed by atoms with Crippen molar-refractivity contribution in [2.24, 2.45) is 0 Å². The minimum Gasteiger partial charge on any atom is -0.493 e. The van der Waals surface area contributed by atoms with E-state index < -0.39 is 10.0 Å². The largest absolute Gasteiger partial charge is 0.493 e. The van der Waals surface area contributed by atoms with Crippen LogP contribution < -0.4 is 13.8 Å². The van der Waals surface area contributed by atoms with Gasteiger partial charge < -0.3 is 9.47 Å². The third kappa shape index (κ3) is 3.50. The molecule has 0 aliphatic carbocycles. The van der Waals surface area contributed by atoms with Crippen molar-refractivity contribution in [2.75, 3.05) is 25.1 Å². The standard InChI is InChI=1S/C15H16ClNO5S2/c1-4-22-11-6-5-10(7-12(11)21-3)17(2)24(19,20)14-8-15(16)23-13(14)9-18/h5-9H,4H2,1-3H3. The van der Waals surface area contributed by atoms with Gasteiger partial charge in [0, 0.05) is 13.1 Å². The molecule has 1 aromatic carbocycles. The predicted molar refractivity (Wildman–Crippen MR) is 94.5 cm³/mol. The molecule has 0 bridgehead atoms. The van der Waals surface area contributed by atoms with Gasteiger partial charge in [-0.2, -0.15) is 0 Å². The second-order valence-corrected chi connectivity index (χ2v) is 8.29. The van der Waals surface area contributed by atoms with E-state index in [4.69, 9.17) is 21.1 Å². The lowest BCUT2D eigenvalue weighted by atomic mass is 10.3. The number of benzene rings is 1. The molecule has 0 aliphatic heterocycles. The molecule has 1 heterocycles. The number of halogens is 1. The average molecular weight is 390 g/mol. The van der Waals surface area contributed by atoms with Crippen molar-refractivity contribution in [1.82, 2.24) is 0 Å². The van der Waals surface area contributed by atoms with Gasteiger partial charge in [-0.3, -0.25) is 9.10 Å². The molecule has 2 rings (SSSR count). The SMILES string of the molecule is CCOc1ccc(N(C)S(=O)(=O)c2cc(Cl)sc2C=O)cc1OC. The maximum atomic E-state index is 12.8. The summed E-state index contributed by atoms with van der Waals surface area (Å²) >= 11 is 6.76. The first kappa shape index (κ1) is 18.6. The highest BCUT2D eigenvalue weighted by Crippen LogP contribution is 2.35. The molecule has 24 heavy (non-hydrogen) atoms. The minimum absolute atomic E-state index is 0.0600. The highest BCUT2D eigenvalue weighted by atomic mass is 35.5. The Morgan fingerprint density at radius 2 is 2.00 bits per heavy atom. The Kier molecular flexibility index (Phi) is 5.74. The molecule has 9 heteroatoms. The highest BCUT2D eigenvalue weighted by Gasteiger charge is 2.27. The van der Waals surface area contributed by atoms with Crippen molar-refractivity contribution in [1.29, 1.82) is 0 Å². The van der Waals surface area contributed by atoms with Crippen LogP contribution in [0.5, 0.6) is 11.5 Å². The van der Waals surface area contributed by atoms with E-state index in [2.05, 4.69) is 0 Å². The van der Waals surface area contributed by atoms with Crippen LogP contribution in [-0.4, -0.2) is 35.5 Å². The van der Waals surface area contributed by atoms with Crippen LogP contribution in [0.2, 0.25) is 4.34 Å². The van der Waals surface area contributed by atoms with Crippen LogP contribution in [0.25, 0.3) is 0 Å². The molecule has 0 aliphatic rings. The average Bonchev–Trinajstić information content (AvgIpc) is 2.96. The van der Waals surface area contributed by atoms with Crippen LogP contribution in [-0.2, 0) is 10.0 Å². The summed E-state index contributed by atoms with van der Waals surface area (Å²) < 4.78 is 37.5. The van der Waals surface area contributed by atoms with Gasteiger partial charge in [-0.1, -0.05) is 11.6 Å². The van der Waals surface area contributed by atoms with E-state index in [0.29, 0.717) is 30.1 Å². The number of sulfonamides is 1. The van der Waals surface area contributed by atoms with Crippen LogP contribution >= 0.6 is 22.9 Å².